The molecule has 1 saturated heterocycles. The lowest BCUT2D eigenvalue weighted by Gasteiger charge is -2.26. The van der Waals surface area contributed by atoms with Gasteiger partial charge in [0.15, 0.2) is 0 Å². The second-order valence-electron chi connectivity index (χ2n) is 5.46. The number of aryl methyl sites for hydroxylation is 1. The van der Waals surface area contributed by atoms with E-state index >= 15 is 0 Å². The Morgan fingerprint density at radius 2 is 2.00 bits per heavy atom. The van der Waals surface area contributed by atoms with E-state index in [4.69, 9.17) is 0 Å². The number of carboxylic acids is 1. The molecule has 0 aliphatic carbocycles. The molecule has 104 valence electrons. The van der Waals surface area contributed by atoms with Crippen LogP contribution < -0.4 is 4.90 Å². The number of hydrogen-bond acceptors (Lipinski definition) is 3. The van der Waals surface area contributed by atoms with E-state index in [0.717, 1.165) is 13.1 Å². The molecular weight excluding hydrogens is 240 g/mol. The highest BCUT2D eigenvalue weighted by atomic mass is 16.4. The van der Waals surface area contributed by atoms with Gasteiger partial charge >= 0.3 is 5.97 Å². The quantitative estimate of drug-likeness (QED) is 0.882. The maximum Gasteiger partial charge on any atom is 0.309 e. The zero-order chi connectivity index (χ0) is 14.0. The van der Waals surface area contributed by atoms with Crippen LogP contribution in [0.2, 0.25) is 0 Å². The fourth-order valence-electron chi connectivity index (χ4n) is 2.63. The van der Waals surface area contributed by atoms with Crippen LogP contribution in [0.25, 0.3) is 0 Å². The summed E-state index contributed by atoms with van der Waals surface area (Å²) in [5.41, 5.74) is 3.67. The first-order chi connectivity index (χ1) is 8.99. The second kappa shape index (κ2) is 5.61. The maximum absolute atomic E-state index is 11.3. The largest absolute Gasteiger partial charge is 0.481 e. The van der Waals surface area contributed by atoms with Gasteiger partial charge in [0.25, 0.3) is 0 Å². The Morgan fingerprint density at radius 3 is 2.68 bits per heavy atom. The molecule has 1 aliphatic heterocycles. The van der Waals surface area contributed by atoms with Crippen molar-refractivity contribution in [2.75, 3.05) is 38.1 Å². The van der Waals surface area contributed by atoms with Gasteiger partial charge in [-0.3, -0.25) is 4.79 Å². The molecule has 1 aromatic rings. The van der Waals surface area contributed by atoms with Gasteiger partial charge in [0.2, 0.25) is 0 Å². The molecule has 1 fully saturated rings. The summed E-state index contributed by atoms with van der Waals surface area (Å²) in [6, 6.07) is 6.23. The summed E-state index contributed by atoms with van der Waals surface area (Å²) in [7, 11) is 1.99. The van der Waals surface area contributed by atoms with Crippen molar-refractivity contribution in [2.45, 2.75) is 13.8 Å². The number of nitrogens with zero attached hydrogens (tertiary/aromatic N) is 2. The molecule has 0 aromatic heterocycles. The van der Waals surface area contributed by atoms with Crippen LogP contribution in [0.1, 0.15) is 11.1 Å². The zero-order valence-corrected chi connectivity index (χ0v) is 11.9. The van der Waals surface area contributed by atoms with Crippen LogP contribution in [0, 0.1) is 19.8 Å². The molecule has 1 aromatic carbocycles. The van der Waals surface area contributed by atoms with Crippen molar-refractivity contribution in [3.05, 3.63) is 29.3 Å². The smallest absolute Gasteiger partial charge is 0.309 e. The lowest BCUT2D eigenvalue weighted by molar-refractivity contribution is -0.141. The number of likely N-dealkylation sites (N-methyl/N-ethyl adjacent to an activating group) is 1. The van der Waals surface area contributed by atoms with E-state index in [9.17, 15) is 9.90 Å². The van der Waals surface area contributed by atoms with Gasteiger partial charge in [0.05, 0.1) is 5.92 Å². The molecule has 1 aliphatic rings. The first-order valence-corrected chi connectivity index (χ1v) is 6.71. The van der Waals surface area contributed by atoms with Gasteiger partial charge in [0, 0.05) is 31.9 Å². The zero-order valence-electron chi connectivity index (χ0n) is 11.9. The molecule has 1 N–H and O–H groups in total. The highest BCUT2D eigenvalue weighted by Gasteiger charge is 2.26. The molecule has 0 saturated carbocycles. The number of benzene rings is 1. The Morgan fingerprint density at radius 1 is 1.26 bits per heavy atom. The van der Waals surface area contributed by atoms with Gasteiger partial charge in [-0.15, -0.1) is 0 Å². The Labute approximate surface area is 114 Å². The molecule has 1 atom stereocenters. The number of aliphatic carboxylic acids is 1. The van der Waals surface area contributed by atoms with Gasteiger partial charge in [-0.05, 0) is 38.1 Å². The lowest BCUT2D eigenvalue weighted by atomic mass is 10.1. The standard InChI is InChI=1S/C15H22N2O2/c1-11-5-4-6-14(12(11)2)17-8-7-16(3)9-13(10-17)15(18)19/h4-6,13H,7-10H2,1-3H3,(H,18,19). The number of carbonyl (C=O) groups is 1. The van der Waals surface area contributed by atoms with Gasteiger partial charge < -0.3 is 14.9 Å². The Hall–Kier alpha value is -1.55. The van der Waals surface area contributed by atoms with E-state index in [1.54, 1.807) is 0 Å². The van der Waals surface area contributed by atoms with Crippen molar-refractivity contribution in [3.8, 4) is 0 Å². The third kappa shape index (κ3) is 3.07. The van der Waals surface area contributed by atoms with Gasteiger partial charge in [-0.1, -0.05) is 12.1 Å². The molecule has 19 heavy (non-hydrogen) atoms. The fourth-order valence-corrected chi connectivity index (χ4v) is 2.63. The van der Waals surface area contributed by atoms with Crippen molar-refractivity contribution in [3.63, 3.8) is 0 Å². The second-order valence-corrected chi connectivity index (χ2v) is 5.46. The van der Waals surface area contributed by atoms with Crippen LogP contribution in [-0.4, -0.2) is 49.2 Å². The first-order valence-electron chi connectivity index (χ1n) is 6.71. The fraction of sp³-hybridized carbons (Fsp3) is 0.533. The summed E-state index contributed by atoms with van der Waals surface area (Å²) >= 11 is 0. The number of carboxylic acid groups (broad SMARTS) is 1. The van der Waals surface area contributed by atoms with E-state index in [-0.39, 0.29) is 5.92 Å². The summed E-state index contributed by atoms with van der Waals surface area (Å²) in [5.74, 6) is -1.03. The van der Waals surface area contributed by atoms with Crippen LogP contribution in [0.3, 0.4) is 0 Å². The molecule has 0 spiro atoms. The minimum atomic E-state index is -0.705. The van der Waals surface area contributed by atoms with Crippen LogP contribution in [0.5, 0.6) is 0 Å². The van der Waals surface area contributed by atoms with E-state index in [2.05, 4.69) is 35.8 Å². The molecule has 4 nitrogen and oxygen atoms in total. The SMILES string of the molecule is Cc1cccc(N2CCN(C)CC(C(=O)O)C2)c1C. The van der Waals surface area contributed by atoms with Crippen molar-refractivity contribution < 1.29 is 9.90 Å². The highest BCUT2D eigenvalue weighted by Crippen LogP contribution is 2.25. The minimum Gasteiger partial charge on any atom is -0.481 e. The lowest BCUT2D eigenvalue weighted by Crippen LogP contribution is -2.34. The molecule has 2 rings (SSSR count). The van der Waals surface area contributed by atoms with E-state index in [1.807, 2.05) is 13.1 Å². The van der Waals surface area contributed by atoms with Crippen molar-refractivity contribution in [1.82, 2.24) is 4.90 Å². The van der Waals surface area contributed by atoms with Gasteiger partial charge in [0.1, 0.15) is 0 Å². The summed E-state index contributed by atoms with van der Waals surface area (Å²) in [5, 5.41) is 9.32. The third-order valence-corrected chi connectivity index (χ3v) is 3.99. The monoisotopic (exact) mass is 262 g/mol. The Kier molecular flexibility index (Phi) is 4.10. The first kappa shape index (κ1) is 13.9. The summed E-state index contributed by atoms with van der Waals surface area (Å²) in [6.07, 6.45) is 0. The van der Waals surface area contributed by atoms with E-state index in [1.165, 1.54) is 16.8 Å². The molecule has 1 heterocycles. The Balaban J connectivity index is 2.27. The topological polar surface area (TPSA) is 43.8 Å². The molecular formula is C15H22N2O2. The Bertz CT molecular complexity index is 473. The van der Waals surface area contributed by atoms with Crippen LogP contribution >= 0.6 is 0 Å². The van der Waals surface area contributed by atoms with Crippen LogP contribution in [0.15, 0.2) is 18.2 Å². The summed E-state index contributed by atoms with van der Waals surface area (Å²) in [4.78, 5) is 15.6. The molecule has 0 bridgehead atoms. The van der Waals surface area contributed by atoms with Crippen LogP contribution in [0.4, 0.5) is 5.69 Å². The third-order valence-electron chi connectivity index (χ3n) is 3.99. The molecule has 4 heteroatoms. The molecule has 0 amide bonds. The van der Waals surface area contributed by atoms with Crippen molar-refractivity contribution >= 4 is 11.7 Å². The van der Waals surface area contributed by atoms with Crippen molar-refractivity contribution in [2.24, 2.45) is 5.92 Å². The number of hydrogen-bond donors (Lipinski definition) is 1. The van der Waals surface area contributed by atoms with Gasteiger partial charge in [-0.25, -0.2) is 0 Å². The number of anilines is 1. The van der Waals surface area contributed by atoms with E-state index < -0.39 is 5.97 Å². The normalized spacial score (nSPS) is 21.2. The summed E-state index contributed by atoms with van der Waals surface area (Å²) in [6.45, 7) is 7.19. The van der Waals surface area contributed by atoms with Gasteiger partial charge in [-0.2, -0.15) is 0 Å². The number of rotatable bonds is 2. The minimum absolute atomic E-state index is 0.326. The average molecular weight is 262 g/mol. The highest BCUT2D eigenvalue weighted by molar-refractivity contribution is 5.71. The maximum atomic E-state index is 11.3. The average Bonchev–Trinajstić information content (AvgIpc) is 2.55. The summed E-state index contributed by atoms with van der Waals surface area (Å²) < 4.78 is 0. The molecule has 0 radical (unpaired) electrons. The van der Waals surface area contributed by atoms with Crippen molar-refractivity contribution in [1.29, 1.82) is 0 Å². The van der Waals surface area contributed by atoms with E-state index in [0.29, 0.717) is 13.1 Å². The van der Waals surface area contributed by atoms with Crippen LogP contribution in [-0.2, 0) is 4.79 Å². The predicted octanol–water partition coefficient (Wildman–Crippen LogP) is 1.76. The predicted molar refractivity (Wildman–Crippen MR) is 76.8 cm³/mol. The molecule has 1 unspecified atom stereocenters.